The Balaban J connectivity index is 1.41. The molecule has 0 unspecified atom stereocenters. The van der Waals surface area contributed by atoms with Crippen LogP contribution in [0, 0.1) is 12.8 Å². The topological polar surface area (TPSA) is 59.4 Å². The summed E-state index contributed by atoms with van der Waals surface area (Å²) >= 11 is 0. The maximum absolute atomic E-state index is 12.3. The summed E-state index contributed by atoms with van der Waals surface area (Å²) in [6, 6.07) is 0.186. The first-order valence-corrected chi connectivity index (χ1v) is 8.28. The van der Waals surface area contributed by atoms with Gasteiger partial charge in [0.25, 0.3) is 0 Å². The number of likely N-dealkylation sites (tertiary alicyclic amines) is 1. The summed E-state index contributed by atoms with van der Waals surface area (Å²) in [5.41, 5.74) is 1.20. The number of rotatable bonds is 4. The van der Waals surface area contributed by atoms with Crippen LogP contribution >= 0.6 is 0 Å². The van der Waals surface area contributed by atoms with Gasteiger partial charge in [-0.3, -0.25) is 9.48 Å². The summed E-state index contributed by atoms with van der Waals surface area (Å²) in [5, 5.41) is 7.70. The van der Waals surface area contributed by atoms with E-state index in [4.69, 9.17) is 4.74 Å². The normalized spacial score (nSPS) is 23.7. The van der Waals surface area contributed by atoms with Crippen molar-refractivity contribution in [2.24, 2.45) is 5.92 Å². The molecule has 0 radical (unpaired) electrons. The molecule has 122 valence electrons. The summed E-state index contributed by atoms with van der Waals surface area (Å²) in [5.74, 6) is 0.885. The molecule has 22 heavy (non-hydrogen) atoms. The quantitative estimate of drug-likeness (QED) is 0.894. The minimum Gasteiger partial charge on any atom is -0.378 e. The number of carbonyl (C=O) groups is 1. The lowest BCUT2D eigenvalue weighted by Gasteiger charge is -2.33. The molecule has 0 aromatic carbocycles. The number of piperidine rings is 1. The molecule has 1 amide bonds. The Bertz CT molecular complexity index is 488. The zero-order chi connectivity index (χ0) is 15.4. The molecule has 0 saturated carbocycles. The van der Waals surface area contributed by atoms with Crippen LogP contribution in [0.25, 0.3) is 0 Å². The summed E-state index contributed by atoms with van der Waals surface area (Å²) in [6.07, 6.45) is 6.69. The maximum Gasteiger partial charge on any atom is 0.224 e. The Hall–Kier alpha value is -1.40. The summed E-state index contributed by atoms with van der Waals surface area (Å²) in [4.78, 5) is 14.4. The van der Waals surface area contributed by atoms with E-state index in [9.17, 15) is 4.79 Å². The van der Waals surface area contributed by atoms with Crippen molar-refractivity contribution in [1.29, 1.82) is 0 Å². The number of aryl methyl sites for hydroxylation is 1. The average molecular weight is 306 g/mol. The Morgan fingerprint density at radius 1 is 1.45 bits per heavy atom. The first-order chi connectivity index (χ1) is 10.7. The highest BCUT2D eigenvalue weighted by molar-refractivity contribution is 5.77. The molecule has 1 aromatic heterocycles. The van der Waals surface area contributed by atoms with E-state index in [1.807, 2.05) is 15.8 Å². The van der Waals surface area contributed by atoms with Crippen LogP contribution in [-0.4, -0.2) is 59.5 Å². The first-order valence-electron chi connectivity index (χ1n) is 8.28. The molecule has 6 heteroatoms. The van der Waals surface area contributed by atoms with E-state index >= 15 is 0 Å². The second-order valence-corrected chi connectivity index (χ2v) is 6.49. The van der Waals surface area contributed by atoms with E-state index < -0.39 is 0 Å². The molecule has 0 aliphatic carbocycles. The number of hydrogen-bond acceptors (Lipinski definition) is 4. The highest BCUT2D eigenvalue weighted by atomic mass is 16.5. The van der Waals surface area contributed by atoms with Gasteiger partial charge in [0.2, 0.25) is 5.91 Å². The van der Waals surface area contributed by atoms with Crippen LogP contribution in [-0.2, 0) is 16.1 Å². The lowest BCUT2D eigenvalue weighted by molar-refractivity contribution is -0.133. The van der Waals surface area contributed by atoms with Gasteiger partial charge in [0.05, 0.1) is 19.4 Å². The van der Waals surface area contributed by atoms with E-state index in [-0.39, 0.29) is 11.9 Å². The molecule has 2 aliphatic heterocycles. The SMILES string of the molecule is Cc1cnn(CC2CCN(C(=O)C[C@H]3COCCN3)CC2)c1. The zero-order valence-corrected chi connectivity index (χ0v) is 13.3. The minimum absolute atomic E-state index is 0.186. The van der Waals surface area contributed by atoms with Crippen LogP contribution in [0.15, 0.2) is 12.4 Å². The van der Waals surface area contributed by atoms with Crippen molar-refractivity contribution < 1.29 is 9.53 Å². The van der Waals surface area contributed by atoms with Gasteiger partial charge in [-0.1, -0.05) is 0 Å². The smallest absolute Gasteiger partial charge is 0.224 e. The molecule has 2 saturated heterocycles. The predicted octanol–water partition coefficient (Wildman–Crippen LogP) is 0.809. The first kappa shape index (κ1) is 15.5. The number of nitrogens with one attached hydrogen (secondary N) is 1. The summed E-state index contributed by atoms with van der Waals surface area (Å²) < 4.78 is 7.44. The third-order valence-electron chi connectivity index (χ3n) is 4.59. The van der Waals surface area contributed by atoms with Crippen LogP contribution in [0.2, 0.25) is 0 Å². The lowest BCUT2D eigenvalue weighted by atomic mass is 9.96. The molecule has 2 aliphatic rings. The summed E-state index contributed by atoms with van der Waals surface area (Å²) in [7, 11) is 0. The standard InChI is InChI=1S/C16H26N4O2/c1-13-9-18-20(10-13)11-14-2-5-19(6-3-14)16(21)8-15-12-22-7-4-17-15/h9-10,14-15,17H,2-8,11-12H2,1H3/t15-/m0/s1. The summed E-state index contributed by atoms with van der Waals surface area (Å²) in [6.45, 7) is 7.03. The monoisotopic (exact) mass is 306 g/mol. The number of morpholine rings is 1. The van der Waals surface area contributed by atoms with Crippen LogP contribution in [0.4, 0.5) is 0 Å². The number of aromatic nitrogens is 2. The fourth-order valence-corrected chi connectivity index (χ4v) is 3.29. The molecule has 2 fully saturated rings. The van der Waals surface area contributed by atoms with Gasteiger partial charge >= 0.3 is 0 Å². The van der Waals surface area contributed by atoms with Gasteiger partial charge in [0.1, 0.15) is 0 Å². The van der Waals surface area contributed by atoms with E-state index in [0.717, 1.165) is 45.6 Å². The fourth-order valence-electron chi connectivity index (χ4n) is 3.29. The Morgan fingerprint density at radius 3 is 2.91 bits per heavy atom. The molecular formula is C16H26N4O2. The van der Waals surface area contributed by atoms with Gasteiger partial charge in [-0.15, -0.1) is 0 Å². The molecule has 0 spiro atoms. The van der Waals surface area contributed by atoms with Gasteiger partial charge in [0, 0.05) is 44.8 Å². The van der Waals surface area contributed by atoms with Gasteiger partial charge in [0.15, 0.2) is 0 Å². The molecule has 1 N–H and O–H groups in total. The van der Waals surface area contributed by atoms with Crippen LogP contribution in [0.5, 0.6) is 0 Å². The minimum atomic E-state index is 0.186. The average Bonchev–Trinajstić information content (AvgIpc) is 2.94. The number of amides is 1. The third-order valence-corrected chi connectivity index (χ3v) is 4.59. The number of carbonyl (C=O) groups excluding carboxylic acids is 1. The molecule has 6 nitrogen and oxygen atoms in total. The van der Waals surface area contributed by atoms with E-state index in [1.165, 1.54) is 5.56 Å². The Labute approximate surface area is 131 Å². The number of hydrogen-bond donors (Lipinski definition) is 1. The van der Waals surface area contributed by atoms with Crippen molar-refractivity contribution in [1.82, 2.24) is 20.0 Å². The van der Waals surface area contributed by atoms with Crippen molar-refractivity contribution >= 4 is 5.91 Å². The fraction of sp³-hybridized carbons (Fsp3) is 0.750. The van der Waals surface area contributed by atoms with Crippen molar-refractivity contribution in [2.45, 2.75) is 38.8 Å². The number of nitrogens with zero attached hydrogens (tertiary/aromatic N) is 3. The van der Waals surface area contributed by atoms with Crippen LogP contribution in [0.3, 0.4) is 0 Å². The van der Waals surface area contributed by atoms with E-state index in [2.05, 4.69) is 23.5 Å². The third kappa shape index (κ3) is 4.08. The van der Waals surface area contributed by atoms with Gasteiger partial charge in [-0.2, -0.15) is 5.10 Å². The van der Waals surface area contributed by atoms with Crippen molar-refractivity contribution in [3.8, 4) is 0 Å². The largest absolute Gasteiger partial charge is 0.378 e. The van der Waals surface area contributed by atoms with Crippen molar-refractivity contribution in [3.05, 3.63) is 18.0 Å². The van der Waals surface area contributed by atoms with E-state index in [1.54, 1.807) is 0 Å². The van der Waals surface area contributed by atoms with Crippen LogP contribution < -0.4 is 5.32 Å². The lowest BCUT2D eigenvalue weighted by Crippen LogP contribution is -2.46. The molecular weight excluding hydrogens is 280 g/mol. The van der Waals surface area contributed by atoms with Gasteiger partial charge in [-0.25, -0.2) is 0 Å². The Kier molecular flexibility index (Phi) is 5.10. The zero-order valence-electron chi connectivity index (χ0n) is 13.3. The molecule has 3 rings (SSSR count). The maximum atomic E-state index is 12.3. The highest BCUT2D eigenvalue weighted by Crippen LogP contribution is 2.20. The van der Waals surface area contributed by atoms with Crippen LogP contribution in [0.1, 0.15) is 24.8 Å². The second-order valence-electron chi connectivity index (χ2n) is 6.49. The Morgan fingerprint density at radius 2 is 2.27 bits per heavy atom. The molecule has 3 heterocycles. The second kappa shape index (κ2) is 7.24. The molecule has 1 aromatic rings. The van der Waals surface area contributed by atoms with Gasteiger partial charge in [-0.05, 0) is 31.2 Å². The molecule has 0 bridgehead atoms. The highest BCUT2D eigenvalue weighted by Gasteiger charge is 2.25. The predicted molar refractivity (Wildman–Crippen MR) is 83.5 cm³/mol. The number of ether oxygens (including phenoxy) is 1. The van der Waals surface area contributed by atoms with Gasteiger partial charge < -0.3 is 15.0 Å². The van der Waals surface area contributed by atoms with Crippen molar-refractivity contribution in [2.75, 3.05) is 32.8 Å². The van der Waals surface area contributed by atoms with E-state index in [0.29, 0.717) is 18.9 Å². The van der Waals surface area contributed by atoms with Crippen molar-refractivity contribution in [3.63, 3.8) is 0 Å². The molecule has 1 atom stereocenters.